The van der Waals surface area contributed by atoms with Crippen LogP contribution in [0.15, 0.2) is 21.9 Å². The summed E-state index contributed by atoms with van der Waals surface area (Å²) < 4.78 is 5.52. The Hall–Kier alpha value is -0.740. The molecule has 3 nitrogen and oxygen atoms in total. The largest absolute Gasteiger partial charge is 0.432 e. The van der Waals surface area contributed by atoms with Gasteiger partial charge < -0.3 is 9.52 Å². The van der Waals surface area contributed by atoms with Gasteiger partial charge in [0.1, 0.15) is 0 Å². The molecule has 15 heavy (non-hydrogen) atoms. The molecule has 4 heteroatoms. The first kappa shape index (κ1) is 12.3. The van der Waals surface area contributed by atoms with E-state index in [1.165, 1.54) is 12.8 Å². The van der Waals surface area contributed by atoms with Crippen molar-refractivity contribution in [2.45, 2.75) is 31.9 Å². The van der Waals surface area contributed by atoms with Gasteiger partial charge in [0.2, 0.25) is 0 Å². The zero-order chi connectivity index (χ0) is 11.1. The summed E-state index contributed by atoms with van der Waals surface area (Å²) in [5.41, 5.74) is 0.923. The Morgan fingerprint density at radius 2 is 2.47 bits per heavy atom. The molecule has 0 radical (unpaired) electrons. The molecule has 0 aliphatic heterocycles. The van der Waals surface area contributed by atoms with E-state index in [1.54, 1.807) is 24.0 Å². The van der Waals surface area contributed by atoms with Crippen LogP contribution >= 0.6 is 11.8 Å². The lowest BCUT2D eigenvalue weighted by Crippen LogP contribution is -1.78. The lowest BCUT2D eigenvalue weighted by atomic mass is 10.2. The molecule has 0 saturated carbocycles. The fraction of sp³-hybridized carbons (Fsp3) is 0.545. The van der Waals surface area contributed by atoms with Crippen molar-refractivity contribution in [2.75, 3.05) is 12.4 Å². The van der Waals surface area contributed by atoms with E-state index < -0.39 is 0 Å². The molecule has 0 spiro atoms. The number of nitrogens with zero attached hydrogens (tertiary/aromatic N) is 1. The van der Waals surface area contributed by atoms with Crippen LogP contribution in [0.1, 0.15) is 32.4 Å². The average molecular weight is 227 g/mol. The summed E-state index contributed by atoms with van der Waals surface area (Å²) in [6.45, 7) is 4.09. The van der Waals surface area contributed by atoms with Gasteiger partial charge in [0.15, 0.2) is 5.76 Å². The second kappa shape index (κ2) is 6.69. The summed E-state index contributed by atoms with van der Waals surface area (Å²) in [5, 5.41) is 9.45. The van der Waals surface area contributed by atoms with E-state index in [0.29, 0.717) is 5.22 Å². The molecule has 0 aliphatic carbocycles. The highest BCUT2D eigenvalue weighted by molar-refractivity contribution is 7.99. The second-order valence-corrected chi connectivity index (χ2v) is 4.31. The molecule has 0 fully saturated rings. The first-order chi connectivity index (χ1) is 7.27. The van der Waals surface area contributed by atoms with Crippen LogP contribution in [-0.4, -0.2) is 22.5 Å². The summed E-state index contributed by atoms with van der Waals surface area (Å²) in [6.07, 6.45) is 5.77. The van der Waals surface area contributed by atoms with E-state index >= 15 is 0 Å². The minimum absolute atomic E-state index is 0.0326. The third-order valence-corrected chi connectivity index (χ3v) is 2.92. The third kappa shape index (κ3) is 4.10. The van der Waals surface area contributed by atoms with E-state index in [4.69, 9.17) is 9.52 Å². The van der Waals surface area contributed by atoms with Gasteiger partial charge in [0.05, 0.1) is 12.8 Å². The Morgan fingerprint density at radius 1 is 1.67 bits per heavy atom. The van der Waals surface area contributed by atoms with Crippen molar-refractivity contribution >= 4 is 17.3 Å². The van der Waals surface area contributed by atoms with Crippen molar-refractivity contribution in [3.8, 4) is 0 Å². The fourth-order valence-corrected chi connectivity index (χ4v) is 1.93. The molecule has 0 amide bonds. The van der Waals surface area contributed by atoms with Gasteiger partial charge >= 0.3 is 0 Å². The average Bonchev–Trinajstić information content (AvgIpc) is 2.67. The molecular formula is C11H17NO2S. The second-order valence-electron chi connectivity index (χ2n) is 3.26. The fourth-order valence-electron chi connectivity index (χ4n) is 1.05. The molecule has 1 aromatic heterocycles. The molecule has 84 valence electrons. The third-order valence-electron chi connectivity index (χ3n) is 1.99. The molecule has 0 aliphatic rings. The zero-order valence-corrected chi connectivity index (χ0v) is 10.0. The standard InChI is InChI=1S/C11H17NO2S/c1-3-4-7-15-11-12-8-10(14-11)9(2)5-6-13/h5,8,13H,3-4,6-7H2,1-2H3/b9-5+. The molecule has 1 aromatic rings. The number of hydrogen-bond donors (Lipinski definition) is 1. The summed E-state index contributed by atoms with van der Waals surface area (Å²) in [4.78, 5) is 4.17. The highest BCUT2D eigenvalue weighted by Crippen LogP contribution is 2.22. The molecule has 0 saturated heterocycles. The van der Waals surface area contributed by atoms with E-state index in [1.807, 2.05) is 6.92 Å². The van der Waals surface area contributed by atoms with Crippen LogP contribution in [0.25, 0.3) is 5.57 Å². The minimum atomic E-state index is 0.0326. The van der Waals surface area contributed by atoms with E-state index in [2.05, 4.69) is 11.9 Å². The number of thioether (sulfide) groups is 1. The van der Waals surface area contributed by atoms with Crippen molar-refractivity contribution in [1.29, 1.82) is 0 Å². The molecule has 0 atom stereocenters. The van der Waals surface area contributed by atoms with Gasteiger partial charge in [-0.15, -0.1) is 0 Å². The first-order valence-electron chi connectivity index (χ1n) is 5.14. The summed E-state index contributed by atoms with van der Waals surface area (Å²) in [7, 11) is 0. The monoisotopic (exact) mass is 227 g/mol. The predicted octanol–water partition coefficient (Wildman–Crippen LogP) is 2.96. The Labute approximate surface area is 94.6 Å². The van der Waals surface area contributed by atoms with Crippen molar-refractivity contribution in [1.82, 2.24) is 4.98 Å². The summed E-state index contributed by atoms with van der Waals surface area (Å²) >= 11 is 1.63. The minimum Gasteiger partial charge on any atom is -0.432 e. The molecule has 1 heterocycles. The van der Waals surface area contributed by atoms with Gasteiger partial charge in [0.25, 0.3) is 5.22 Å². The number of aliphatic hydroxyl groups excluding tert-OH is 1. The molecule has 1 rings (SSSR count). The smallest absolute Gasteiger partial charge is 0.256 e. The predicted molar refractivity (Wildman–Crippen MR) is 62.9 cm³/mol. The van der Waals surface area contributed by atoms with Crippen LogP contribution in [0.2, 0.25) is 0 Å². The van der Waals surface area contributed by atoms with Gasteiger partial charge in [-0.3, -0.25) is 0 Å². The maximum Gasteiger partial charge on any atom is 0.256 e. The van der Waals surface area contributed by atoms with Crippen LogP contribution in [0.4, 0.5) is 0 Å². The maximum absolute atomic E-state index is 8.73. The Kier molecular flexibility index (Phi) is 5.50. The number of hydrogen-bond acceptors (Lipinski definition) is 4. The van der Waals surface area contributed by atoms with Crippen LogP contribution in [-0.2, 0) is 0 Å². The molecule has 0 aromatic carbocycles. The normalized spacial score (nSPS) is 12.1. The van der Waals surface area contributed by atoms with E-state index in [0.717, 1.165) is 17.1 Å². The van der Waals surface area contributed by atoms with E-state index in [9.17, 15) is 0 Å². The van der Waals surface area contributed by atoms with Crippen molar-refractivity contribution in [3.63, 3.8) is 0 Å². The van der Waals surface area contributed by atoms with Crippen molar-refractivity contribution < 1.29 is 9.52 Å². The summed E-state index contributed by atoms with van der Waals surface area (Å²) in [5.74, 6) is 1.78. The topological polar surface area (TPSA) is 46.3 Å². The lowest BCUT2D eigenvalue weighted by molar-refractivity contribution is 0.342. The van der Waals surface area contributed by atoms with Crippen LogP contribution < -0.4 is 0 Å². The van der Waals surface area contributed by atoms with Crippen molar-refractivity contribution in [3.05, 3.63) is 18.0 Å². The highest BCUT2D eigenvalue weighted by Gasteiger charge is 2.05. The molecule has 0 bridgehead atoms. The molecular weight excluding hydrogens is 210 g/mol. The first-order valence-corrected chi connectivity index (χ1v) is 6.13. The number of aromatic nitrogens is 1. The maximum atomic E-state index is 8.73. The van der Waals surface area contributed by atoms with Gasteiger partial charge in [-0.05, 0) is 18.9 Å². The van der Waals surface area contributed by atoms with Gasteiger partial charge in [-0.1, -0.05) is 31.2 Å². The number of unbranched alkanes of at least 4 members (excludes halogenated alkanes) is 1. The van der Waals surface area contributed by atoms with Gasteiger partial charge in [0, 0.05) is 5.75 Å². The Bertz CT molecular complexity index is 320. The summed E-state index contributed by atoms with van der Waals surface area (Å²) in [6, 6.07) is 0. The van der Waals surface area contributed by atoms with Crippen LogP contribution in [0.3, 0.4) is 0 Å². The molecule has 0 unspecified atom stereocenters. The lowest BCUT2D eigenvalue weighted by Gasteiger charge is -1.95. The zero-order valence-electron chi connectivity index (χ0n) is 9.19. The number of rotatable bonds is 6. The van der Waals surface area contributed by atoms with Gasteiger partial charge in [-0.2, -0.15) is 0 Å². The molecule has 1 N–H and O–H groups in total. The highest BCUT2D eigenvalue weighted by atomic mass is 32.2. The number of oxazole rings is 1. The van der Waals surface area contributed by atoms with Crippen molar-refractivity contribution in [2.24, 2.45) is 0 Å². The number of allylic oxidation sites excluding steroid dienone is 1. The quantitative estimate of drug-likeness (QED) is 0.599. The SMILES string of the molecule is CCCCSc1ncc(/C(C)=C/CO)o1. The number of aliphatic hydroxyl groups is 1. The Morgan fingerprint density at radius 3 is 3.13 bits per heavy atom. The Balaban J connectivity index is 2.52. The van der Waals surface area contributed by atoms with E-state index in [-0.39, 0.29) is 6.61 Å². The van der Waals surface area contributed by atoms with Crippen LogP contribution in [0.5, 0.6) is 0 Å². The van der Waals surface area contributed by atoms with Gasteiger partial charge in [-0.25, -0.2) is 4.98 Å². The van der Waals surface area contributed by atoms with Crippen LogP contribution in [0, 0.1) is 0 Å².